The van der Waals surface area contributed by atoms with Crippen molar-refractivity contribution in [3.63, 3.8) is 0 Å². The van der Waals surface area contributed by atoms with Gasteiger partial charge in [-0.2, -0.15) is 0 Å². The summed E-state index contributed by atoms with van der Waals surface area (Å²) in [7, 11) is 0. The van der Waals surface area contributed by atoms with Gasteiger partial charge in [0.2, 0.25) is 0 Å². The van der Waals surface area contributed by atoms with Crippen LogP contribution in [0.4, 0.5) is 0 Å². The zero-order valence-electron chi connectivity index (χ0n) is 6.59. The molecule has 0 aliphatic rings. The Hall–Kier alpha value is -0.720. The van der Waals surface area contributed by atoms with E-state index < -0.39 is 0 Å². The lowest BCUT2D eigenvalue weighted by molar-refractivity contribution is 1.22. The first-order valence-corrected chi connectivity index (χ1v) is 3.45. The van der Waals surface area contributed by atoms with Crippen molar-refractivity contribution in [3.05, 3.63) is 24.4 Å². The lowest BCUT2D eigenvalue weighted by Gasteiger charge is -1.70. The van der Waals surface area contributed by atoms with Crippen LogP contribution in [-0.2, 0) is 0 Å². The van der Waals surface area contributed by atoms with Crippen LogP contribution >= 0.6 is 0 Å². The number of allylic oxidation sites excluding steroid dienone is 3. The van der Waals surface area contributed by atoms with Gasteiger partial charge in [0.05, 0.1) is 0 Å². The van der Waals surface area contributed by atoms with Crippen molar-refractivity contribution >= 4 is 0 Å². The summed E-state index contributed by atoms with van der Waals surface area (Å²) in [6.45, 7) is 6.08. The highest BCUT2D eigenvalue weighted by molar-refractivity contribution is 4.99. The fourth-order valence-electron chi connectivity index (χ4n) is 0.279. The molecule has 0 bridgehead atoms. The highest BCUT2D eigenvalue weighted by Gasteiger charge is 1.57. The Morgan fingerprint density at radius 1 is 1.22 bits per heavy atom. The van der Waals surface area contributed by atoms with Crippen molar-refractivity contribution < 1.29 is 0 Å². The molecule has 0 atom stereocenters. The highest BCUT2D eigenvalue weighted by atomic mass is 14.5. The molecule has 0 aliphatic carbocycles. The molecular formula is C8H17N. The Morgan fingerprint density at radius 2 is 1.78 bits per heavy atom. The molecule has 0 saturated heterocycles. The first kappa shape index (κ1) is 11.1. The van der Waals surface area contributed by atoms with E-state index in [-0.39, 0.29) is 0 Å². The summed E-state index contributed by atoms with van der Waals surface area (Å²) in [6.07, 6.45) is 8.38. The third-order valence-corrected chi connectivity index (χ3v) is 0.594. The Kier molecular flexibility index (Phi) is 19.4. The van der Waals surface area contributed by atoms with Crippen LogP contribution in [0.1, 0.15) is 27.2 Å². The van der Waals surface area contributed by atoms with E-state index in [1.54, 1.807) is 0 Å². The minimum Gasteiger partial charge on any atom is -0.405 e. The van der Waals surface area contributed by atoms with Gasteiger partial charge < -0.3 is 5.73 Å². The van der Waals surface area contributed by atoms with E-state index in [9.17, 15) is 0 Å². The number of rotatable bonds is 2. The van der Waals surface area contributed by atoms with Crippen LogP contribution in [0.2, 0.25) is 0 Å². The van der Waals surface area contributed by atoms with Gasteiger partial charge in [0.15, 0.2) is 0 Å². The molecule has 1 heteroatoms. The summed E-state index contributed by atoms with van der Waals surface area (Å²) >= 11 is 0. The fraction of sp³-hybridized carbons (Fsp3) is 0.500. The maximum absolute atomic E-state index is 5.04. The Bertz CT molecular complexity index is 72.6. The van der Waals surface area contributed by atoms with E-state index >= 15 is 0 Å². The molecule has 2 N–H and O–H groups in total. The third kappa shape index (κ3) is 18.9. The van der Waals surface area contributed by atoms with Gasteiger partial charge in [-0.15, -0.1) is 0 Å². The van der Waals surface area contributed by atoms with Crippen molar-refractivity contribution in [2.75, 3.05) is 0 Å². The zero-order valence-corrected chi connectivity index (χ0v) is 6.59. The Morgan fingerprint density at radius 3 is 2.11 bits per heavy atom. The lowest BCUT2D eigenvalue weighted by atomic mass is 10.4. The van der Waals surface area contributed by atoms with Crippen LogP contribution in [0.25, 0.3) is 0 Å². The van der Waals surface area contributed by atoms with Gasteiger partial charge in [0.25, 0.3) is 0 Å². The van der Waals surface area contributed by atoms with Gasteiger partial charge >= 0.3 is 0 Å². The quantitative estimate of drug-likeness (QED) is 0.566. The van der Waals surface area contributed by atoms with Crippen LogP contribution in [-0.4, -0.2) is 0 Å². The number of hydrogen-bond acceptors (Lipinski definition) is 1. The SMILES string of the molecule is CC.CC/C=C\C=C/N. The Labute approximate surface area is 58.3 Å². The first-order chi connectivity index (χ1) is 4.41. The minimum atomic E-state index is 1.07. The average Bonchev–Trinajstić information content (AvgIpc) is 1.94. The molecule has 0 amide bonds. The van der Waals surface area contributed by atoms with Crippen molar-refractivity contribution in [1.82, 2.24) is 0 Å². The fourth-order valence-corrected chi connectivity index (χ4v) is 0.279. The second kappa shape index (κ2) is 15.7. The summed E-state index contributed by atoms with van der Waals surface area (Å²) in [4.78, 5) is 0. The molecule has 0 spiro atoms. The van der Waals surface area contributed by atoms with Crippen LogP contribution in [0.5, 0.6) is 0 Å². The van der Waals surface area contributed by atoms with E-state index in [2.05, 4.69) is 6.92 Å². The highest BCUT2D eigenvalue weighted by Crippen LogP contribution is 1.77. The average molecular weight is 127 g/mol. The zero-order chi connectivity index (χ0) is 7.54. The van der Waals surface area contributed by atoms with E-state index in [1.807, 2.05) is 32.1 Å². The molecule has 54 valence electrons. The molecule has 9 heavy (non-hydrogen) atoms. The predicted molar refractivity (Wildman–Crippen MR) is 44.1 cm³/mol. The van der Waals surface area contributed by atoms with E-state index in [4.69, 9.17) is 5.73 Å². The van der Waals surface area contributed by atoms with Crippen LogP contribution in [0, 0.1) is 0 Å². The normalized spacial score (nSPS) is 9.67. The topological polar surface area (TPSA) is 26.0 Å². The second-order valence-corrected chi connectivity index (χ2v) is 1.22. The third-order valence-electron chi connectivity index (χ3n) is 0.594. The smallest absolute Gasteiger partial charge is 0.00625 e. The van der Waals surface area contributed by atoms with E-state index in [0.29, 0.717) is 0 Å². The van der Waals surface area contributed by atoms with Gasteiger partial charge in [0.1, 0.15) is 0 Å². The maximum atomic E-state index is 5.04. The molecule has 0 aliphatic heterocycles. The molecule has 0 fully saturated rings. The van der Waals surface area contributed by atoms with Crippen LogP contribution < -0.4 is 5.73 Å². The molecule has 0 aromatic rings. The molecule has 0 rings (SSSR count). The van der Waals surface area contributed by atoms with Crippen molar-refractivity contribution in [3.8, 4) is 0 Å². The van der Waals surface area contributed by atoms with E-state index in [1.165, 1.54) is 6.20 Å². The van der Waals surface area contributed by atoms with Crippen molar-refractivity contribution in [2.24, 2.45) is 5.73 Å². The standard InChI is InChI=1S/C6H11N.C2H6/c1-2-3-4-5-6-7;1-2/h3-6H,2,7H2,1H3;1-2H3/b4-3-,6-5-;. The molecule has 0 aromatic heterocycles. The largest absolute Gasteiger partial charge is 0.405 e. The summed E-state index contributed by atoms with van der Waals surface area (Å²) in [6, 6.07) is 0. The second-order valence-electron chi connectivity index (χ2n) is 1.22. The summed E-state index contributed by atoms with van der Waals surface area (Å²) in [5.74, 6) is 0. The Balaban J connectivity index is 0. The van der Waals surface area contributed by atoms with Gasteiger partial charge in [-0.05, 0) is 18.7 Å². The molecule has 0 saturated carbocycles. The molecule has 0 aromatic carbocycles. The van der Waals surface area contributed by atoms with Crippen molar-refractivity contribution in [1.29, 1.82) is 0 Å². The van der Waals surface area contributed by atoms with Crippen LogP contribution in [0.15, 0.2) is 24.4 Å². The summed E-state index contributed by atoms with van der Waals surface area (Å²) in [5, 5.41) is 0. The molecule has 0 heterocycles. The minimum absolute atomic E-state index is 1.07. The maximum Gasteiger partial charge on any atom is -0.00625 e. The predicted octanol–water partition coefficient (Wildman–Crippen LogP) is 2.45. The lowest BCUT2D eigenvalue weighted by Crippen LogP contribution is -1.71. The van der Waals surface area contributed by atoms with Gasteiger partial charge in [-0.25, -0.2) is 0 Å². The summed E-state index contributed by atoms with van der Waals surface area (Å²) in [5.41, 5.74) is 5.04. The van der Waals surface area contributed by atoms with Gasteiger partial charge in [0, 0.05) is 0 Å². The number of hydrogen-bond donors (Lipinski definition) is 1. The summed E-state index contributed by atoms with van der Waals surface area (Å²) < 4.78 is 0. The van der Waals surface area contributed by atoms with Gasteiger partial charge in [-0.1, -0.05) is 32.9 Å². The first-order valence-electron chi connectivity index (χ1n) is 3.45. The molecule has 0 unspecified atom stereocenters. The van der Waals surface area contributed by atoms with E-state index in [0.717, 1.165) is 6.42 Å². The van der Waals surface area contributed by atoms with Gasteiger partial charge in [-0.3, -0.25) is 0 Å². The van der Waals surface area contributed by atoms with Crippen LogP contribution in [0.3, 0.4) is 0 Å². The van der Waals surface area contributed by atoms with Crippen molar-refractivity contribution in [2.45, 2.75) is 27.2 Å². The molecule has 1 nitrogen and oxygen atoms in total. The monoisotopic (exact) mass is 127 g/mol. The molecule has 0 radical (unpaired) electrons. The molecular weight excluding hydrogens is 110 g/mol. The number of nitrogens with two attached hydrogens (primary N) is 1.